The number of hydrogen-bond acceptors (Lipinski definition) is 2. The molecular formula is C8H6Cl2OS. The number of thiocarbonyl (C=S) groups is 1. The van der Waals surface area contributed by atoms with Gasteiger partial charge in [-0.05, 0) is 36.5 Å². The van der Waals surface area contributed by atoms with Crippen LogP contribution in [0.3, 0.4) is 0 Å². The summed E-state index contributed by atoms with van der Waals surface area (Å²) in [5, 5.41) is 1.06. The molecule has 0 spiro atoms. The van der Waals surface area contributed by atoms with Crippen molar-refractivity contribution in [3.8, 4) is 0 Å². The fourth-order valence-electron chi connectivity index (χ4n) is 0.719. The van der Waals surface area contributed by atoms with Gasteiger partial charge in [0.05, 0.1) is 0 Å². The van der Waals surface area contributed by atoms with Crippen LogP contribution in [0.25, 0.3) is 0 Å². The number of benzene rings is 1. The summed E-state index contributed by atoms with van der Waals surface area (Å²) >= 11 is 15.9. The van der Waals surface area contributed by atoms with Crippen LogP contribution in [0.5, 0.6) is 0 Å². The van der Waals surface area contributed by atoms with Gasteiger partial charge >= 0.3 is 0 Å². The highest BCUT2D eigenvalue weighted by Crippen LogP contribution is 2.10. The van der Waals surface area contributed by atoms with Crippen LogP contribution < -0.4 is 0 Å². The van der Waals surface area contributed by atoms with Crippen LogP contribution in [0.2, 0.25) is 5.02 Å². The van der Waals surface area contributed by atoms with Crippen LogP contribution in [-0.4, -0.2) is 11.1 Å². The lowest BCUT2D eigenvalue weighted by Crippen LogP contribution is -2.01. The lowest BCUT2D eigenvalue weighted by molar-refractivity contribution is 0.387. The molecule has 0 aliphatic heterocycles. The number of ether oxygens (including phenoxy) is 1. The Hall–Kier alpha value is -0.310. The minimum Gasteiger partial charge on any atom is -0.467 e. The first-order chi connectivity index (χ1) is 5.74. The van der Waals surface area contributed by atoms with Crippen LogP contribution in [0.4, 0.5) is 0 Å². The Morgan fingerprint density at radius 3 is 2.42 bits per heavy atom. The van der Waals surface area contributed by atoms with Gasteiger partial charge in [0.15, 0.2) is 11.1 Å². The molecule has 0 fully saturated rings. The zero-order valence-electron chi connectivity index (χ0n) is 6.09. The number of alkyl halides is 1. The first-order valence-electron chi connectivity index (χ1n) is 3.22. The summed E-state index contributed by atoms with van der Waals surface area (Å²) in [6, 6.07) is 7.15. The van der Waals surface area contributed by atoms with Crippen molar-refractivity contribution in [3.05, 3.63) is 34.9 Å². The molecule has 0 saturated carbocycles. The van der Waals surface area contributed by atoms with Gasteiger partial charge in [-0.25, -0.2) is 0 Å². The third-order valence-electron chi connectivity index (χ3n) is 1.27. The van der Waals surface area contributed by atoms with Crippen molar-refractivity contribution in [2.24, 2.45) is 0 Å². The molecule has 0 unspecified atom stereocenters. The standard InChI is InChI=1S/C8H6Cl2OS/c9-5-11-8(12)6-1-3-7(10)4-2-6/h1-4H,5H2. The van der Waals surface area contributed by atoms with Gasteiger partial charge in [0.2, 0.25) is 0 Å². The fraction of sp³-hybridized carbons (Fsp3) is 0.125. The van der Waals surface area contributed by atoms with Gasteiger partial charge in [0, 0.05) is 10.6 Å². The van der Waals surface area contributed by atoms with Gasteiger partial charge in [-0.1, -0.05) is 23.2 Å². The minimum atomic E-state index is 0.0709. The summed E-state index contributed by atoms with van der Waals surface area (Å²) in [6.45, 7) is 0. The lowest BCUT2D eigenvalue weighted by Gasteiger charge is -2.02. The first kappa shape index (κ1) is 9.78. The van der Waals surface area contributed by atoms with E-state index in [1.54, 1.807) is 24.3 Å². The smallest absolute Gasteiger partial charge is 0.192 e. The zero-order chi connectivity index (χ0) is 8.97. The Morgan fingerprint density at radius 1 is 1.33 bits per heavy atom. The molecule has 1 aromatic rings. The zero-order valence-corrected chi connectivity index (χ0v) is 8.42. The largest absolute Gasteiger partial charge is 0.467 e. The summed E-state index contributed by atoms with van der Waals surface area (Å²) in [5.74, 6) is 0. The van der Waals surface area contributed by atoms with Gasteiger partial charge in [0.1, 0.15) is 0 Å². The Kier molecular flexibility index (Phi) is 3.79. The van der Waals surface area contributed by atoms with Crippen LogP contribution in [0, 0.1) is 0 Å². The van der Waals surface area contributed by atoms with E-state index in [1.165, 1.54) is 0 Å². The van der Waals surface area contributed by atoms with E-state index in [0.717, 1.165) is 5.56 Å². The molecule has 0 atom stereocenters. The van der Waals surface area contributed by atoms with Crippen LogP contribution in [0.1, 0.15) is 5.56 Å². The second-order valence-corrected chi connectivity index (χ2v) is 3.07. The van der Waals surface area contributed by atoms with Crippen molar-refractivity contribution in [2.75, 3.05) is 6.07 Å². The van der Waals surface area contributed by atoms with Gasteiger partial charge in [-0.3, -0.25) is 0 Å². The van der Waals surface area contributed by atoms with E-state index in [9.17, 15) is 0 Å². The monoisotopic (exact) mass is 220 g/mol. The highest BCUT2D eigenvalue weighted by molar-refractivity contribution is 7.80. The predicted octanol–water partition coefficient (Wildman–Crippen LogP) is 3.23. The number of hydrogen-bond donors (Lipinski definition) is 0. The Bertz CT molecular complexity index is 271. The molecule has 1 nitrogen and oxygen atoms in total. The average Bonchev–Trinajstić information content (AvgIpc) is 2.06. The van der Waals surface area contributed by atoms with Crippen molar-refractivity contribution in [3.63, 3.8) is 0 Å². The Balaban J connectivity index is 2.75. The molecule has 0 aliphatic rings. The normalized spacial score (nSPS) is 9.50. The molecule has 1 aromatic carbocycles. The molecule has 0 bridgehead atoms. The Labute approximate surface area is 86.2 Å². The molecule has 4 heteroatoms. The topological polar surface area (TPSA) is 9.23 Å². The van der Waals surface area contributed by atoms with Crippen molar-refractivity contribution in [1.82, 2.24) is 0 Å². The van der Waals surface area contributed by atoms with Gasteiger partial charge in [-0.15, -0.1) is 0 Å². The molecular weight excluding hydrogens is 215 g/mol. The lowest BCUT2D eigenvalue weighted by atomic mass is 10.2. The third-order valence-corrected chi connectivity index (χ3v) is 1.98. The summed E-state index contributed by atoms with van der Waals surface area (Å²) < 4.78 is 4.92. The van der Waals surface area contributed by atoms with Crippen molar-refractivity contribution in [1.29, 1.82) is 0 Å². The van der Waals surface area contributed by atoms with E-state index >= 15 is 0 Å². The summed E-state index contributed by atoms with van der Waals surface area (Å²) in [6.07, 6.45) is 0. The van der Waals surface area contributed by atoms with Gasteiger partial charge < -0.3 is 4.74 Å². The molecule has 0 N–H and O–H groups in total. The fourth-order valence-corrected chi connectivity index (χ4v) is 1.21. The molecule has 0 amide bonds. The molecule has 12 heavy (non-hydrogen) atoms. The highest BCUT2D eigenvalue weighted by Gasteiger charge is 2.00. The summed E-state index contributed by atoms with van der Waals surface area (Å²) in [7, 11) is 0. The number of rotatable bonds is 2. The van der Waals surface area contributed by atoms with Crippen molar-refractivity contribution in [2.45, 2.75) is 0 Å². The van der Waals surface area contributed by atoms with E-state index in [2.05, 4.69) is 0 Å². The average molecular weight is 221 g/mol. The third kappa shape index (κ3) is 2.63. The van der Waals surface area contributed by atoms with Crippen LogP contribution >= 0.6 is 35.4 Å². The Morgan fingerprint density at radius 2 is 1.92 bits per heavy atom. The molecule has 0 saturated heterocycles. The predicted molar refractivity (Wildman–Crippen MR) is 55.0 cm³/mol. The molecule has 0 heterocycles. The van der Waals surface area contributed by atoms with E-state index in [1.807, 2.05) is 0 Å². The first-order valence-corrected chi connectivity index (χ1v) is 4.55. The molecule has 64 valence electrons. The summed E-state index contributed by atoms with van der Waals surface area (Å²) in [5.41, 5.74) is 0.815. The second kappa shape index (κ2) is 4.65. The maximum atomic E-state index is 5.68. The molecule has 0 aliphatic carbocycles. The van der Waals surface area contributed by atoms with Crippen molar-refractivity contribution >= 4 is 40.5 Å². The van der Waals surface area contributed by atoms with Gasteiger partial charge in [0.25, 0.3) is 0 Å². The second-order valence-electron chi connectivity index (χ2n) is 2.05. The highest BCUT2D eigenvalue weighted by atomic mass is 35.5. The van der Waals surface area contributed by atoms with Crippen molar-refractivity contribution < 1.29 is 4.74 Å². The minimum absolute atomic E-state index is 0.0709. The maximum absolute atomic E-state index is 5.68. The molecule has 0 aromatic heterocycles. The quantitative estimate of drug-likeness (QED) is 0.560. The SMILES string of the molecule is S=C(OCCl)c1ccc(Cl)cc1. The van der Waals surface area contributed by atoms with E-state index in [4.69, 9.17) is 40.2 Å². The van der Waals surface area contributed by atoms with E-state index in [-0.39, 0.29) is 6.07 Å². The molecule has 0 radical (unpaired) electrons. The maximum Gasteiger partial charge on any atom is 0.192 e. The molecule has 1 rings (SSSR count). The van der Waals surface area contributed by atoms with Crippen LogP contribution in [-0.2, 0) is 4.74 Å². The summed E-state index contributed by atoms with van der Waals surface area (Å²) in [4.78, 5) is 0. The van der Waals surface area contributed by atoms with Crippen LogP contribution in [0.15, 0.2) is 24.3 Å². The van der Waals surface area contributed by atoms with E-state index in [0.29, 0.717) is 10.1 Å². The van der Waals surface area contributed by atoms with E-state index < -0.39 is 0 Å². The number of halogens is 2. The van der Waals surface area contributed by atoms with Gasteiger partial charge in [-0.2, -0.15) is 0 Å².